The molecular formula is C20H20ClN2O4+. The minimum atomic E-state index is -0.356. The molecule has 7 heteroatoms. The first-order valence-corrected chi connectivity index (χ1v) is 9.28. The summed E-state index contributed by atoms with van der Waals surface area (Å²) in [4.78, 5) is 27.4. The molecule has 140 valence electrons. The summed E-state index contributed by atoms with van der Waals surface area (Å²) in [6, 6.07) is 8.61. The second-order valence-electron chi connectivity index (χ2n) is 6.88. The Morgan fingerprint density at radius 1 is 1.26 bits per heavy atom. The van der Waals surface area contributed by atoms with E-state index in [9.17, 15) is 9.59 Å². The number of hydrogen-bond donors (Lipinski definition) is 1. The molecule has 1 aliphatic heterocycles. The SMILES string of the molecule is Cc1cc2oc(=O)cc(C[NH+]3CCN(C(=O)c4ccco4)CC3)c2cc1Cl. The van der Waals surface area contributed by atoms with Gasteiger partial charge in [-0.15, -0.1) is 0 Å². The van der Waals surface area contributed by atoms with Crippen LogP contribution in [0.4, 0.5) is 0 Å². The van der Waals surface area contributed by atoms with Gasteiger partial charge in [-0.1, -0.05) is 11.6 Å². The Kier molecular flexibility index (Phi) is 4.76. The summed E-state index contributed by atoms with van der Waals surface area (Å²) < 4.78 is 10.5. The minimum absolute atomic E-state index is 0.0767. The second kappa shape index (κ2) is 7.21. The number of hydrogen-bond acceptors (Lipinski definition) is 4. The lowest BCUT2D eigenvalue weighted by Gasteiger charge is -2.31. The Labute approximate surface area is 160 Å². The number of quaternary nitrogens is 1. The van der Waals surface area contributed by atoms with Crippen LogP contribution in [-0.4, -0.2) is 37.0 Å². The van der Waals surface area contributed by atoms with Crippen molar-refractivity contribution in [3.63, 3.8) is 0 Å². The maximum atomic E-state index is 12.4. The van der Waals surface area contributed by atoms with E-state index in [0.717, 1.165) is 29.6 Å². The molecule has 27 heavy (non-hydrogen) atoms. The van der Waals surface area contributed by atoms with Crippen LogP contribution >= 0.6 is 11.6 Å². The van der Waals surface area contributed by atoms with E-state index in [2.05, 4.69) is 0 Å². The first kappa shape index (κ1) is 17.8. The molecule has 0 bridgehead atoms. The van der Waals surface area contributed by atoms with Crippen LogP contribution in [0.5, 0.6) is 0 Å². The largest absolute Gasteiger partial charge is 0.459 e. The fraction of sp³-hybridized carbons (Fsp3) is 0.300. The summed E-state index contributed by atoms with van der Waals surface area (Å²) in [7, 11) is 0. The number of nitrogens with zero attached hydrogens (tertiary/aromatic N) is 1. The molecule has 1 N–H and O–H groups in total. The van der Waals surface area contributed by atoms with Crippen LogP contribution in [0, 0.1) is 6.92 Å². The molecule has 6 nitrogen and oxygen atoms in total. The van der Waals surface area contributed by atoms with Crippen LogP contribution in [0.15, 0.2) is 50.2 Å². The Hall–Kier alpha value is -2.57. The van der Waals surface area contributed by atoms with Crippen molar-refractivity contribution in [3.8, 4) is 0 Å². The van der Waals surface area contributed by atoms with E-state index in [1.54, 1.807) is 29.2 Å². The van der Waals surface area contributed by atoms with Crippen molar-refractivity contribution >= 4 is 28.5 Å². The summed E-state index contributed by atoms with van der Waals surface area (Å²) >= 11 is 6.27. The highest BCUT2D eigenvalue weighted by molar-refractivity contribution is 6.32. The highest BCUT2D eigenvalue weighted by Gasteiger charge is 2.26. The van der Waals surface area contributed by atoms with Crippen LogP contribution in [0.2, 0.25) is 5.02 Å². The number of rotatable bonds is 3. The first-order valence-electron chi connectivity index (χ1n) is 8.90. The molecule has 0 radical (unpaired) electrons. The molecule has 4 rings (SSSR count). The van der Waals surface area contributed by atoms with Gasteiger partial charge in [0, 0.05) is 22.0 Å². The van der Waals surface area contributed by atoms with Gasteiger partial charge in [0.2, 0.25) is 0 Å². The van der Waals surface area contributed by atoms with Gasteiger partial charge in [-0.2, -0.15) is 0 Å². The number of benzene rings is 1. The van der Waals surface area contributed by atoms with Crippen molar-refractivity contribution in [1.29, 1.82) is 0 Å². The van der Waals surface area contributed by atoms with Gasteiger partial charge < -0.3 is 18.6 Å². The number of fused-ring (bicyclic) bond motifs is 1. The third-order valence-electron chi connectivity index (χ3n) is 5.04. The molecule has 0 unspecified atom stereocenters. The van der Waals surface area contributed by atoms with Crippen molar-refractivity contribution in [2.75, 3.05) is 26.2 Å². The summed E-state index contributed by atoms with van der Waals surface area (Å²) in [5.41, 5.74) is 2.00. The van der Waals surface area contributed by atoms with E-state index in [1.165, 1.54) is 11.2 Å². The zero-order valence-electron chi connectivity index (χ0n) is 15.0. The third-order valence-corrected chi connectivity index (χ3v) is 5.45. The molecule has 3 heterocycles. The van der Waals surface area contributed by atoms with Crippen LogP contribution in [0.3, 0.4) is 0 Å². The summed E-state index contributed by atoms with van der Waals surface area (Å²) in [6.07, 6.45) is 1.51. The van der Waals surface area contributed by atoms with Gasteiger partial charge in [0.15, 0.2) is 5.76 Å². The molecular weight excluding hydrogens is 368 g/mol. The van der Waals surface area contributed by atoms with E-state index < -0.39 is 0 Å². The normalized spacial score (nSPS) is 15.4. The fourth-order valence-corrected chi connectivity index (χ4v) is 3.69. The maximum Gasteiger partial charge on any atom is 0.336 e. The van der Waals surface area contributed by atoms with Gasteiger partial charge in [0.25, 0.3) is 5.91 Å². The van der Waals surface area contributed by atoms with E-state index in [-0.39, 0.29) is 11.5 Å². The monoisotopic (exact) mass is 387 g/mol. The third kappa shape index (κ3) is 3.63. The topological polar surface area (TPSA) is 68.1 Å². The van der Waals surface area contributed by atoms with Gasteiger partial charge in [-0.05, 0) is 36.8 Å². The van der Waals surface area contributed by atoms with E-state index in [0.29, 0.717) is 36.0 Å². The fourth-order valence-electron chi connectivity index (χ4n) is 3.52. The predicted octanol–water partition coefficient (Wildman–Crippen LogP) is 1.89. The second-order valence-corrected chi connectivity index (χ2v) is 7.29. The number of amides is 1. The molecule has 0 aliphatic carbocycles. The molecule has 0 atom stereocenters. The maximum absolute atomic E-state index is 12.4. The molecule has 1 fully saturated rings. The van der Waals surface area contributed by atoms with Crippen LogP contribution < -0.4 is 10.5 Å². The van der Waals surface area contributed by atoms with Crippen LogP contribution in [-0.2, 0) is 6.54 Å². The van der Waals surface area contributed by atoms with E-state index in [4.69, 9.17) is 20.4 Å². The van der Waals surface area contributed by atoms with Gasteiger partial charge >= 0.3 is 5.63 Å². The smallest absolute Gasteiger partial charge is 0.336 e. The standard InChI is InChI=1S/C20H19ClN2O4/c1-13-9-18-15(11-16(13)21)14(10-19(24)27-18)12-22-4-6-23(7-5-22)20(25)17-3-2-8-26-17/h2-3,8-11H,4-7,12H2,1H3/p+1. The van der Waals surface area contributed by atoms with Crippen molar-refractivity contribution < 1.29 is 18.5 Å². The highest BCUT2D eigenvalue weighted by Crippen LogP contribution is 2.24. The molecule has 0 spiro atoms. The number of carbonyl (C=O) groups is 1. The predicted molar refractivity (Wildman–Crippen MR) is 101 cm³/mol. The lowest BCUT2D eigenvalue weighted by Crippen LogP contribution is -3.13. The van der Waals surface area contributed by atoms with Crippen LogP contribution in [0.25, 0.3) is 11.0 Å². The van der Waals surface area contributed by atoms with Gasteiger partial charge in [0.05, 0.1) is 32.4 Å². The van der Waals surface area contributed by atoms with Crippen molar-refractivity contribution in [2.45, 2.75) is 13.5 Å². The molecule has 1 aliphatic rings. The molecule has 3 aromatic rings. The molecule has 1 saturated heterocycles. The summed E-state index contributed by atoms with van der Waals surface area (Å²) in [5, 5.41) is 1.52. The molecule has 1 amide bonds. The Balaban J connectivity index is 1.50. The average Bonchev–Trinajstić information content (AvgIpc) is 3.18. The van der Waals surface area contributed by atoms with E-state index >= 15 is 0 Å². The van der Waals surface area contributed by atoms with E-state index in [1.807, 2.05) is 13.0 Å². The average molecular weight is 388 g/mol. The molecule has 0 saturated carbocycles. The highest BCUT2D eigenvalue weighted by atomic mass is 35.5. The summed E-state index contributed by atoms with van der Waals surface area (Å²) in [5.74, 6) is 0.294. The molecule has 1 aromatic carbocycles. The lowest BCUT2D eigenvalue weighted by molar-refractivity contribution is -0.917. The van der Waals surface area contributed by atoms with Crippen molar-refractivity contribution in [2.24, 2.45) is 0 Å². The molecule has 2 aromatic heterocycles. The number of halogens is 1. The first-order chi connectivity index (χ1) is 13.0. The zero-order chi connectivity index (χ0) is 19.0. The number of furan rings is 1. The quantitative estimate of drug-likeness (QED) is 0.697. The summed E-state index contributed by atoms with van der Waals surface area (Å²) in [6.45, 7) is 5.46. The number of piperazine rings is 1. The van der Waals surface area contributed by atoms with Crippen LogP contribution in [0.1, 0.15) is 21.7 Å². The van der Waals surface area contributed by atoms with Gasteiger partial charge in [-0.25, -0.2) is 4.79 Å². The minimum Gasteiger partial charge on any atom is -0.459 e. The Morgan fingerprint density at radius 2 is 2.04 bits per heavy atom. The van der Waals surface area contributed by atoms with Gasteiger partial charge in [0.1, 0.15) is 12.1 Å². The lowest BCUT2D eigenvalue weighted by atomic mass is 10.1. The Bertz CT molecular complexity index is 1030. The van der Waals surface area contributed by atoms with Gasteiger partial charge in [-0.3, -0.25) is 4.79 Å². The number of aryl methyl sites for hydroxylation is 1. The number of carbonyl (C=O) groups excluding carboxylic acids is 1. The Morgan fingerprint density at radius 3 is 2.74 bits per heavy atom. The van der Waals surface area contributed by atoms with Crippen molar-refractivity contribution in [3.05, 3.63) is 68.9 Å². The zero-order valence-corrected chi connectivity index (χ0v) is 15.7. The number of nitrogens with one attached hydrogen (secondary N) is 1. The van der Waals surface area contributed by atoms with Crippen molar-refractivity contribution in [1.82, 2.24) is 4.90 Å².